The van der Waals surface area contributed by atoms with E-state index in [1.165, 1.54) is 11.3 Å². The van der Waals surface area contributed by atoms with Gasteiger partial charge in [-0.15, -0.1) is 11.3 Å². The third kappa shape index (κ3) is 3.65. The first kappa shape index (κ1) is 20.4. The predicted octanol–water partition coefficient (Wildman–Crippen LogP) is 5.86. The average molecular weight is 469 g/mol. The fourth-order valence-corrected chi connectivity index (χ4v) is 4.86. The number of furan rings is 1. The van der Waals surface area contributed by atoms with E-state index in [1.807, 2.05) is 62.4 Å². The van der Waals surface area contributed by atoms with Crippen LogP contribution in [0.2, 0.25) is 0 Å². The van der Waals surface area contributed by atoms with Crippen molar-refractivity contribution in [1.82, 2.24) is 25.5 Å². The molecule has 0 radical (unpaired) electrons. The quantitative estimate of drug-likeness (QED) is 0.292. The van der Waals surface area contributed by atoms with Crippen LogP contribution in [-0.2, 0) is 0 Å². The van der Waals surface area contributed by atoms with Gasteiger partial charge in [0.25, 0.3) is 5.91 Å². The Morgan fingerprint density at radius 2 is 1.97 bits per heavy atom. The first-order valence-corrected chi connectivity index (χ1v) is 11.7. The van der Waals surface area contributed by atoms with E-state index in [0.717, 1.165) is 32.2 Å². The molecule has 0 saturated carbocycles. The van der Waals surface area contributed by atoms with Crippen molar-refractivity contribution in [2.24, 2.45) is 0 Å². The van der Waals surface area contributed by atoms with Crippen molar-refractivity contribution in [1.29, 1.82) is 0 Å². The Bertz CT molecular complexity index is 1680. The molecule has 0 unspecified atom stereocenters. The molecule has 0 atom stereocenters. The van der Waals surface area contributed by atoms with E-state index in [-0.39, 0.29) is 11.9 Å². The Labute approximate surface area is 198 Å². The molecule has 0 fully saturated rings. The first-order chi connectivity index (χ1) is 16.5. The van der Waals surface area contributed by atoms with Crippen LogP contribution >= 0.6 is 11.3 Å². The molecule has 168 valence electrons. The smallest absolute Gasteiger partial charge is 0.261 e. The Morgan fingerprint density at radius 1 is 1.06 bits per heavy atom. The number of amides is 1. The zero-order valence-electron chi connectivity index (χ0n) is 18.4. The van der Waals surface area contributed by atoms with Crippen LogP contribution in [0, 0.1) is 0 Å². The number of benzene rings is 2. The molecule has 4 aromatic heterocycles. The van der Waals surface area contributed by atoms with Crippen LogP contribution in [0.3, 0.4) is 0 Å². The molecule has 6 aromatic rings. The monoisotopic (exact) mass is 468 g/mol. The number of nitrogens with zero attached hydrogens (tertiary/aromatic N) is 3. The molecule has 3 N–H and O–H groups in total. The Kier molecular flexibility index (Phi) is 4.77. The van der Waals surface area contributed by atoms with Gasteiger partial charge in [0, 0.05) is 33.4 Å². The largest absolute Gasteiger partial charge is 0.459 e. The second-order valence-electron chi connectivity index (χ2n) is 8.32. The van der Waals surface area contributed by atoms with Crippen LogP contribution in [0.5, 0.6) is 0 Å². The predicted molar refractivity (Wildman–Crippen MR) is 135 cm³/mol. The van der Waals surface area contributed by atoms with E-state index in [2.05, 4.69) is 20.8 Å². The number of fused-ring (bicyclic) bond motifs is 3. The van der Waals surface area contributed by atoms with Gasteiger partial charge in [-0.3, -0.25) is 9.89 Å². The summed E-state index contributed by atoms with van der Waals surface area (Å²) in [5, 5.41) is 15.3. The summed E-state index contributed by atoms with van der Waals surface area (Å²) in [4.78, 5) is 22.6. The molecule has 1 amide bonds. The third-order valence-electron chi connectivity index (χ3n) is 5.43. The summed E-state index contributed by atoms with van der Waals surface area (Å²) in [5.74, 6) is 1.09. The summed E-state index contributed by atoms with van der Waals surface area (Å²) >= 11 is 1.46. The van der Waals surface area contributed by atoms with Crippen molar-refractivity contribution in [2.45, 2.75) is 19.9 Å². The molecule has 0 aliphatic heterocycles. The maximum absolute atomic E-state index is 12.4. The van der Waals surface area contributed by atoms with Crippen LogP contribution in [0.4, 0.5) is 11.5 Å². The second kappa shape index (κ2) is 7.96. The fraction of sp³-hybridized carbons (Fsp3) is 0.120. The highest BCUT2D eigenvalue weighted by molar-refractivity contribution is 7.20. The number of nitrogens with one attached hydrogen (secondary N) is 3. The van der Waals surface area contributed by atoms with Crippen molar-refractivity contribution in [3.8, 4) is 11.4 Å². The molecule has 6 rings (SSSR count). The number of aromatic nitrogens is 4. The summed E-state index contributed by atoms with van der Waals surface area (Å²) in [6.45, 7) is 3.90. The van der Waals surface area contributed by atoms with Crippen LogP contribution in [0.15, 0.2) is 65.4 Å². The minimum absolute atomic E-state index is 0.0603. The highest BCUT2D eigenvalue weighted by Crippen LogP contribution is 2.32. The molecule has 8 nitrogen and oxygen atoms in total. The number of H-pyrrole nitrogens is 1. The lowest BCUT2D eigenvalue weighted by Crippen LogP contribution is -2.29. The molecule has 0 aliphatic rings. The highest BCUT2D eigenvalue weighted by atomic mass is 32.1. The van der Waals surface area contributed by atoms with Gasteiger partial charge in [-0.25, -0.2) is 9.97 Å². The standard InChI is InChI=1S/C25H20N6O2S/c1-13(2)27-25(32)21-10-14-3-4-15(11-20(14)34-21)23-29-19-7-8-33-22(19)24(30-23)28-17-5-6-18-16(9-17)12-26-31-18/h3-13H,1-2H3,(H,26,31)(H,27,32)(H,28,29,30). The lowest BCUT2D eigenvalue weighted by Gasteiger charge is -2.08. The summed E-state index contributed by atoms with van der Waals surface area (Å²) in [6.07, 6.45) is 3.38. The maximum atomic E-state index is 12.4. The van der Waals surface area contributed by atoms with Crippen LogP contribution in [-0.4, -0.2) is 32.1 Å². The molecule has 0 saturated heterocycles. The van der Waals surface area contributed by atoms with Crippen LogP contribution < -0.4 is 10.6 Å². The summed E-state index contributed by atoms with van der Waals surface area (Å²) in [6, 6.07) is 15.7. The zero-order valence-corrected chi connectivity index (χ0v) is 19.2. The SMILES string of the molecule is CC(C)NC(=O)c1cc2ccc(-c3nc(Nc4ccc5[nH]ncc5c4)c4occc4n3)cc2s1. The third-order valence-corrected chi connectivity index (χ3v) is 6.52. The van der Waals surface area contributed by atoms with Gasteiger partial charge in [0.05, 0.1) is 22.9 Å². The van der Waals surface area contributed by atoms with E-state index in [9.17, 15) is 4.79 Å². The molecular weight excluding hydrogens is 448 g/mol. The number of carbonyl (C=O) groups is 1. The second-order valence-corrected chi connectivity index (χ2v) is 9.40. The number of hydrogen-bond acceptors (Lipinski definition) is 7. The number of hydrogen-bond donors (Lipinski definition) is 3. The van der Waals surface area contributed by atoms with Crippen molar-refractivity contribution < 1.29 is 9.21 Å². The van der Waals surface area contributed by atoms with Gasteiger partial charge < -0.3 is 15.1 Å². The topological polar surface area (TPSA) is 109 Å². The molecular formula is C25H20N6O2S. The van der Waals surface area contributed by atoms with Crippen molar-refractivity contribution in [3.63, 3.8) is 0 Å². The van der Waals surface area contributed by atoms with E-state index in [1.54, 1.807) is 12.5 Å². The molecule has 0 bridgehead atoms. The van der Waals surface area contributed by atoms with Gasteiger partial charge in [0.15, 0.2) is 17.2 Å². The lowest BCUT2D eigenvalue weighted by molar-refractivity contribution is 0.0947. The first-order valence-electron chi connectivity index (χ1n) is 10.8. The minimum atomic E-state index is -0.0603. The van der Waals surface area contributed by atoms with Gasteiger partial charge in [-0.2, -0.15) is 5.10 Å². The van der Waals surface area contributed by atoms with Gasteiger partial charge in [0.2, 0.25) is 0 Å². The van der Waals surface area contributed by atoms with Crippen LogP contribution in [0.1, 0.15) is 23.5 Å². The Balaban J connectivity index is 1.39. The van der Waals surface area contributed by atoms with E-state index in [0.29, 0.717) is 27.6 Å². The number of anilines is 2. The molecule has 0 aliphatic carbocycles. The van der Waals surface area contributed by atoms with Crippen molar-refractivity contribution in [2.75, 3.05) is 5.32 Å². The summed E-state index contributed by atoms with van der Waals surface area (Å²) in [5.41, 5.74) is 3.98. The molecule has 2 aromatic carbocycles. The van der Waals surface area contributed by atoms with Crippen molar-refractivity contribution in [3.05, 3.63) is 65.9 Å². The molecule has 4 heterocycles. The zero-order chi connectivity index (χ0) is 23.2. The Hall–Kier alpha value is -4.24. The van der Waals surface area contributed by atoms with Gasteiger partial charge in [0.1, 0.15) is 5.52 Å². The fourth-order valence-electron chi connectivity index (χ4n) is 3.85. The number of carbonyl (C=O) groups excluding carboxylic acids is 1. The summed E-state index contributed by atoms with van der Waals surface area (Å²) in [7, 11) is 0. The van der Waals surface area contributed by atoms with Crippen molar-refractivity contribution >= 4 is 60.8 Å². The highest BCUT2D eigenvalue weighted by Gasteiger charge is 2.15. The number of aromatic amines is 1. The van der Waals surface area contributed by atoms with Gasteiger partial charge >= 0.3 is 0 Å². The van der Waals surface area contributed by atoms with Gasteiger partial charge in [-0.05, 0) is 49.6 Å². The van der Waals surface area contributed by atoms with E-state index >= 15 is 0 Å². The van der Waals surface area contributed by atoms with E-state index in [4.69, 9.17) is 14.4 Å². The normalized spacial score (nSPS) is 11.6. The number of rotatable bonds is 5. The van der Waals surface area contributed by atoms with Crippen LogP contribution in [0.25, 0.3) is 43.5 Å². The Morgan fingerprint density at radius 3 is 2.85 bits per heavy atom. The molecule has 34 heavy (non-hydrogen) atoms. The minimum Gasteiger partial charge on any atom is -0.459 e. The van der Waals surface area contributed by atoms with E-state index < -0.39 is 0 Å². The summed E-state index contributed by atoms with van der Waals surface area (Å²) < 4.78 is 6.67. The number of thiophene rings is 1. The lowest BCUT2D eigenvalue weighted by atomic mass is 10.1. The average Bonchev–Trinajstić information content (AvgIpc) is 3.56. The molecule has 0 spiro atoms. The van der Waals surface area contributed by atoms with Gasteiger partial charge in [-0.1, -0.05) is 12.1 Å². The maximum Gasteiger partial charge on any atom is 0.261 e. The molecule has 9 heteroatoms.